The van der Waals surface area contributed by atoms with Crippen molar-refractivity contribution < 1.29 is 9.52 Å². The highest BCUT2D eigenvalue weighted by Crippen LogP contribution is 2.25. The number of β-amino-alcohol motifs (C(OH)–C–C–N with tert-alkyl or cyclic N) is 1. The van der Waals surface area contributed by atoms with Crippen LogP contribution in [0.4, 0.5) is 0 Å². The molecule has 0 saturated carbocycles. The standard InChI is InChI=1S/C7H11N3O2S/c1-4-9-10-7(12-4)13-6-3-8-2-5(6)11/h5-6,8,11H,2-3H2,1H3. The van der Waals surface area contributed by atoms with Crippen molar-refractivity contribution in [3.63, 3.8) is 0 Å². The van der Waals surface area contributed by atoms with Gasteiger partial charge in [-0.15, -0.1) is 10.2 Å². The molecule has 5 nitrogen and oxygen atoms in total. The van der Waals surface area contributed by atoms with E-state index in [9.17, 15) is 5.11 Å². The lowest BCUT2D eigenvalue weighted by Gasteiger charge is -2.08. The summed E-state index contributed by atoms with van der Waals surface area (Å²) in [4.78, 5) is 0. The number of thioether (sulfide) groups is 1. The van der Waals surface area contributed by atoms with Gasteiger partial charge in [0, 0.05) is 20.0 Å². The minimum atomic E-state index is -0.322. The molecule has 0 bridgehead atoms. The average Bonchev–Trinajstić information content (AvgIpc) is 2.64. The molecule has 13 heavy (non-hydrogen) atoms. The van der Waals surface area contributed by atoms with E-state index < -0.39 is 0 Å². The molecule has 2 atom stereocenters. The van der Waals surface area contributed by atoms with Crippen LogP contribution < -0.4 is 5.32 Å². The summed E-state index contributed by atoms with van der Waals surface area (Å²) in [5.41, 5.74) is 0. The van der Waals surface area contributed by atoms with Crippen LogP contribution in [0, 0.1) is 6.92 Å². The quantitative estimate of drug-likeness (QED) is 0.690. The summed E-state index contributed by atoms with van der Waals surface area (Å²) in [7, 11) is 0. The third-order valence-electron chi connectivity index (χ3n) is 1.89. The molecule has 1 aromatic heterocycles. The van der Waals surface area contributed by atoms with Gasteiger partial charge in [0.05, 0.1) is 11.4 Å². The van der Waals surface area contributed by atoms with Crippen LogP contribution in [0.2, 0.25) is 0 Å². The second-order valence-electron chi connectivity index (χ2n) is 2.97. The molecule has 72 valence electrons. The Balaban J connectivity index is 1.97. The molecule has 1 aliphatic heterocycles. The summed E-state index contributed by atoms with van der Waals surface area (Å²) in [6.45, 7) is 3.18. The zero-order valence-electron chi connectivity index (χ0n) is 7.23. The lowest BCUT2D eigenvalue weighted by molar-refractivity contribution is 0.200. The van der Waals surface area contributed by atoms with Gasteiger partial charge in [-0.25, -0.2) is 0 Å². The summed E-state index contributed by atoms with van der Waals surface area (Å²) in [6.07, 6.45) is -0.322. The number of hydrogen-bond donors (Lipinski definition) is 2. The van der Waals surface area contributed by atoms with E-state index >= 15 is 0 Å². The summed E-state index contributed by atoms with van der Waals surface area (Å²) < 4.78 is 5.20. The van der Waals surface area contributed by atoms with Crippen LogP contribution in [-0.4, -0.2) is 39.7 Å². The lowest BCUT2D eigenvalue weighted by Crippen LogP contribution is -2.19. The van der Waals surface area contributed by atoms with E-state index in [1.54, 1.807) is 6.92 Å². The largest absolute Gasteiger partial charge is 0.416 e. The molecule has 2 rings (SSSR count). The first kappa shape index (κ1) is 8.98. The smallest absolute Gasteiger partial charge is 0.276 e. The summed E-state index contributed by atoms with van der Waals surface area (Å²) in [5.74, 6) is 0.558. The van der Waals surface area contributed by atoms with E-state index in [1.807, 2.05) is 0 Å². The Bertz CT molecular complexity index is 291. The fourth-order valence-electron chi connectivity index (χ4n) is 1.22. The van der Waals surface area contributed by atoms with Crippen molar-refractivity contribution in [2.75, 3.05) is 13.1 Å². The molecule has 6 heteroatoms. The number of nitrogens with one attached hydrogen (secondary N) is 1. The molecule has 1 aromatic rings. The first-order valence-electron chi connectivity index (χ1n) is 4.11. The number of rotatable bonds is 2. The summed E-state index contributed by atoms with van der Waals surface area (Å²) in [6, 6.07) is 0. The first-order valence-corrected chi connectivity index (χ1v) is 4.99. The number of aromatic nitrogens is 2. The molecule has 0 aliphatic carbocycles. The van der Waals surface area contributed by atoms with E-state index in [4.69, 9.17) is 4.42 Å². The molecule has 0 aromatic carbocycles. The molecule has 2 heterocycles. The highest BCUT2D eigenvalue weighted by atomic mass is 32.2. The molecular weight excluding hydrogens is 190 g/mol. The summed E-state index contributed by atoms with van der Waals surface area (Å²) in [5, 5.41) is 20.8. The minimum Gasteiger partial charge on any atom is -0.416 e. The second kappa shape index (κ2) is 3.65. The van der Waals surface area contributed by atoms with E-state index in [2.05, 4.69) is 15.5 Å². The molecule has 0 spiro atoms. The first-order chi connectivity index (χ1) is 6.25. The highest BCUT2D eigenvalue weighted by Gasteiger charge is 2.27. The van der Waals surface area contributed by atoms with Crippen LogP contribution in [0.1, 0.15) is 5.89 Å². The fourth-order valence-corrected chi connectivity index (χ4v) is 2.19. The Labute approximate surface area is 79.9 Å². The van der Waals surface area contributed by atoms with Gasteiger partial charge in [-0.1, -0.05) is 11.8 Å². The van der Waals surface area contributed by atoms with E-state index in [-0.39, 0.29) is 11.4 Å². The topological polar surface area (TPSA) is 71.2 Å². The fraction of sp³-hybridized carbons (Fsp3) is 0.714. The van der Waals surface area contributed by atoms with Crippen LogP contribution in [0.5, 0.6) is 0 Å². The Morgan fingerprint density at radius 1 is 1.54 bits per heavy atom. The lowest BCUT2D eigenvalue weighted by atomic mass is 10.3. The minimum absolute atomic E-state index is 0.125. The number of hydrogen-bond acceptors (Lipinski definition) is 6. The zero-order chi connectivity index (χ0) is 9.26. The molecular formula is C7H11N3O2S. The predicted octanol–water partition coefficient (Wildman–Crippen LogP) is -0.197. The number of nitrogens with zero attached hydrogens (tertiary/aromatic N) is 2. The molecule has 0 radical (unpaired) electrons. The van der Waals surface area contributed by atoms with Gasteiger partial charge in [0.1, 0.15) is 0 Å². The van der Waals surface area contributed by atoms with Crippen molar-refractivity contribution in [2.45, 2.75) is 23.5 Å². The molecule has 1 aliphatic rings. The van der Waals surface area contributed by atoms with E-state index in [1.165, 1.54) is 11.8 Å². The SMILES string of the molecule is Cc1nnc(SC2CNCC2O)o1. The van der Waals surface area contributed by atoms with Crippen LogP contribution in [0.25, 0.3) is 0 Å². The highest BCUT2D eigenvalue weighted by molar-refractivity contribution is 7.99. The average molecular weight is 201 g/mol. The van der Waals surface area contributed by atoms with Crippen molar-refractivity contribution in [3.05, 3.63) is 5.89 Å². The van der Waals surface area contributed by atoms with Gasteiger partial charge in [-0.3, -0.25) is 0 Å². The van der Waals surface area contributed by atoms with Crippen molar-refractivity contribution in [3.8, 4) is 0 Å². The zero-order valence-corrected chi connectivity index (χ0v) is 8.04. The Hall–Kier alpha value is -0.590. The van der Waals surface area contributed by atoms with Crippen LogP contribution in [0.15, 0.2) is 9.64 Å². The van der Waals surface area contributed by atoms with Crippen molar-refractivity contribution >= 4 is 11.8 Å². The maximum absolute atomic E-state index is 9.48. The van der Waals surface area contributed by atoms with Gasteiger partial charge in [-0.05, 0) is 0 Å². The maximum Gasteiger partial charge on any atom is 0.276 e. The van der Waals surface area contributed by atoms with Crippen LogP contribution in [0.3, 0.4) is 0 Å². The Morgan fingerprint density at radius 3 is 2.92 bits per heavy atom. The predicted molar refractivity (Wildman–Crippen MR) is 47.6 cm³/mol. The van der Waals surface area contributed by atoms with E-state index in [0.717, 1.165) is 6.54 Å². The Kier molecular flexibility index (Phi) is 2.52. The summed E-state index contributed by atoms with van der Waals surface area (Å²) >= 11 is 1.43. The monoisotopic (exact) mass is 201 g/mol. The molecule has 0 amide bonds. The van der Waals surface area contributed by atoms with Crippen molar-refractivity contribution in [2.24, 2.45) is 0 Å². The number of aliphatic hydroxyl groups excluding tert-OH is 1. The molecule has 1 saturated heterocycles. The van der Waals surface area contributed by atoms with Gasteiger partial charge in [-0.2, -0.15) is 0 Å². The normalized spacial score (nSPS) is 28.2. The third kappa shape index (κ3) is 2.01. The van der Waals surface area contributed by atoms with Crippen molar-refractivity contribution in [1.29, 1.82) is 0 Å². The van der Waals surface area contributed by atoms with Gasteiger partial charge >= 0.3 is 0 Å². The van der Waals surface area contributed by atoms with Crippen LogP contribution >= 0.6 is 11.8 Å². The maximum atomic E-state index is 9.48. The Morgan fingerprint density at radius 2 is 2.38 bits per heavy atom. The van der Waals surface area contributed by atoms with Crippen molar-refractivity contribution in [1.82, 2.24) is 15.5 Å². The van der Waals surface area contributed by atoms with Crippen LogP contribution in [-0.2, 0) is 0 Å². The van der Waals surface area contributed by atoms with E-state index in [0.29, 0.717) is 17.7 Å². The number of aliphatic hydroxyl groups is 1. The molecule has 2 unspecified atom stereocenters. The molecule has 1 fully saturated rings. The van der Waals surface area contributed by atoms with Gasteiger partial charge < -0.3 is 14.8 Å². The van der Waals surface area contributed by atoms with Gasteiger partial charge in [0.2, 0.25) is 5.89 Å². The molecule has 2 N–H and O–H groups in total. The number of aryl methyl sites for hydroxylation is 1. The second-order valence-corrected chi connectivity index (χ2v) is 4.16. The van der Waals surface area contributed by atoms with Gasteiger partial charge in [0.15, 0.2) is 0 Å². The van der Waals surface area contributed by atoms with Gasteiger partial charge in [0.25, 0.3) is 5.22 Å². The third-order valence-corrected chi connectivity index (χ3v) is 3.04.